The van der Waals surface area contributed by atoms with Crippen LogP contribution in [0.2, 0.25) is 0 Å². The van der Waals surface area contributed by atoms with Crippen molar-refractivity contribution in [3.05, 3.63) is 12.2 Å². The molecule has 0 N–H and O–H groups in total. The van der Waals surface area contributed by atoms with Crippen LogP contribution in [0.1, 0.15) is 110 Å². The number of aliphatic carboxylic acids is 1. The van der Waals surface area contributed by atoms with Crippen LogP contribution in [0.25, 0.3) is 0 Å². The normalized spacial score (nSPS) is 16.5. The minimum absolute atomic E-state index is 0. The fourth-order valence-corrected chi connectivity index (χ4v) is 3.80. The summed E-state index contributed by atoms with van der Waals surface area (Å²) < 4.78 is 0. The Labute approximate surface area is 215 Å². The van der Waals surface area contributed by atoms with E-state index in [4.69, 9.17) is 0 Å². The van der Waals surface area contributed by atoms with Gasteiger partial charge in [-0.2, -0.15) is 0 Å². The quantitative estimate of drug-likeness (QED) is 0.218. The maximum Gasteiger partial charge on any atom is 1.00 e. The second kappa shape index (κ2) is 19.3. The molecule has 1 aliphatic rings. The number of hydrogen-bond donors (Lipinski definition) is 0. The van der Waals surface area contributed by atoms with E-state index in [1.807, 2.05) is 0 Å². The number of amides is 1. The predicted octanol–water partition coefficient (Wildman–Crippen LogP) is 1.77. The van der Waals surface area contributed by atoms with Crippen molar-refractivity contribution in [3.8, 4) is 0 Å². The Morgan fingerprint density at radius 1 is 0.893 bits per heavy atom. The number of carboxylic acid groups (broad SMARTS) is 1. The molecule has 1 rings (SSSR count). The van der Waals surface area contributed by atoms with Gasteiger partial charge in [-0.1, -0.05) is 70.4 Å². The van der Waals surface area contributed by atoms with Gasteiger partial charge in [0.1, 0.15) is 0 Å². The Morgan fingerprint density at radius 3 is 2.00 bits per heavy atom. The molecule has 1 heterocycles. The van der Waals surface area contributed by atoms with Gasteiger partial charge in [0.25, 0.3) is 0 Å². The molecule has 1 atom stereocenters. The van der Waals surface area contributed by atoms with Gasteiger partial charge >= 0.3 is 51.4 Å². The van der Waals surface area contributed by atoms with Crippen LogP contribution < -0.4 is 56.5 Å². The minimum atomic E-state index is -1.11. The summed E-state index contributed by atoms with van der Waals surface area (Å²) in [5.41, 5.74) is 0. The van der Waals surface area contributed by atoms with Gasteiger partial charge in [-0.05, 0) is 44.9 Å². The predicted molar refractivity (Wildman–Crippen MR) is 109 cm³/mol. The maximum atomic E-state index is 12.1. The zero-order chi connectivity index (χ0) is 19.7. The SMILES string of the molecule is CCCCCCCC/C=C\CCCCCCCC(=O)N1CCC[C@H]1C(=O)[O-].[K+]. The van der Waals surface area contributed by atoms with Crippen molar-refractivity contribution in [2.24, 2.45) is 0 Å². The molecular weight excluding hydrogens is 377 g/mol. The Bertz CT molecular complexity index is 440. The zero-order valence-electron chi connectivity index (χ0n) is 18.4. The van der Waals surface area contributed by atoms with E-state index >= 15 is 0 Å². The number of rotatable bonds is 16. The van der Waals surface area contributed by atoms with Crippen LogP contribution in [0.4, 0.5) is 0 Å². The molecule has 0 spiro atoms. The molecule has 0 radical (unpaired) electrons. The number of hydrogen-bond acceptors (Lipinski definition) is 3. The minimum Gasteiger partial charge on any atom is -0.548 e. The molecule has 0 aliphatic carbocycles. The molecule has 1 saturated heterocycles. The Kier molecular flexibility index (Phi) is 19.5. The van der Waals surface area contributed by atoms with Crippen molar-refractivity contribution >= 4 is 11.9 Å². The Hall–Kier alpha value is 0.316. The number of unbranched alkanes of at least 4 members (excludes halogenated alkanes) is 11. The molecular formula is C23H40KNO3. The molecule has 4 nitrogen and oxygen atoms in total. The topological polar surface area (TPSA) is 60.4 Å². The molecule has 1 fully saturated rings. The average Bonchev–Trinajstić information content (AvgIpc) is 3.15. The maximum absolute atomic E-state index is 12.1. The first-order chi connectivity index (χ1) is 13.2. The molecule has 0 aromatic carbocycles. The number of nitrogens with zero attached hydrogens (tertiary/aromatic N) is 1. The van der Waals surface area contributed by atoms with Crippen molar-refractivity contribution in [2.45, 2.75) is 116 Å². The number of carboxylic acids is 1. The van der Waals surface area contributed by atoms with Crippen LogP contribution >= 0.6 is 0 Å². The molecule has 0 unspecified atom stereocenters. The van der Waals surface area contributed by atoms with Crippen molar-refractivity contribution in [3.63, 3.8) is 0 Å². The summed E-state index contributed by atoms with van der Waals surface area (Å²) in [7, 11) is 0. The third kappa shape index (κ3) is 13.5. The van der Waals surface area contributed by atoms with Crippen molar-refractivity contribution in [1.82, 2.24) is 4.90 Å². The summed E-state index contributed by atoms with van der Waals surface area (Å²) >= 11 is 0. The van der Waals surface area contributed by atoms with E-state index in [0.29, 0.717) is 19.4 Å². The molecule has 0 aromatic rings. The molecule has 1 aliphatic heterocycles. The van der Waals surface area contributed by atoms with Gasteiger partial charge < -0.3 is 14.8 Å². The van der Waals surface area contributed by atoms with Crippen molar-refractivity contribution in [1.29, 1.82) is 0 Å². The van der Waals surface area contributed by atoms with E-state index < -0.39 is 12.0 Å². The summed E-state index contributed by atoms with van der Waals surface area (Å²) in [6.07, 6.45) is 22.5. The molecule has 0 bridgehead atoms. The molecule has 156 valence electrons. The van der Waals surface area contributed by atoms with E-state index in [0.717, 1.165) is 32.1 Å². The Balaban J connectivity index is 0.00000729. The zero-order valence-corrected chi connectivity index (χ0v) is 21.5. The monoisotopic (exact) mass is 417 g/mol. The van der Waals surface area contributed by atoms with E-state index in [1.54, 1.807) is 0 Å². The molecule has 5 heteroatoms. The first-order valence-corrected chi connectivity index (χ1v) is 11.3. The van der Waals surface area contributed by atoms with Gasteiger partial charge in [0, 0.05) is 13.0 Å². The molecule has 1 amide bonds. The fraction of sp³-hybridized carbons (Fsp3) is 0.826. The van der Waals surface area contributed by atoms with Gasteiger partial charge in [0.15, 0.2) is 0 Å². The van der Waals surface area contributed by atoms with Crippen LogP contribution in [-0.2, 0) is 9.59 Å². The third-order valence-electron chi connectivity index (χ3n) is 5.50. The van der Waals surface area contributed by atoms with Gasteiger partial charge in [0.2, 0.25) is 5.91 Å². The smallest absolute Gasteiger partial charge is 0.548 e. The summed E-state index contributed by atoms with van der Waals surface area (Å²) in [4.78, 5) is 24.6. The number of likely N-dealkylation sites (tertiary alicyclic amines) is 1. The van der Waals surface area contributed by atoms with Gasteiger partial charge in [-0.3, -0.25) is 4.79 Å². The van der Waals surface area contributed by atoms with E-state index in [-0.39, 0.29) is 57.3 Å². The third-order valence-corrected chi connectivity index (χ3v) is 5.50. The van der Waals surface area contributed by atoms with Gasteiger partial charge in [0.05, 0.1) is 12.0 Å². The first kappa shape index (κ1) is 28.3. The largest absolute Gasteiger partial charge is 1.00 e. The van der Waals surface area contributed by atoms with Crippen LogP contribution in [0.5, 0.6) is 0 Å². The van der Waals surface area contributed by atoms with E-state index in [1.165, 1.54) is 62.7 Å². The van der Waals surface area contributed by atoms with Crippen LogP contribution in [0, 0.1) is 0 Å². The second-order valence-corrected chi connectivity index (χ2v) is 7.90. The summed E-state index contributed by atoms with van der Waals surface area (Å²) in [5, 5.41) is 11.0. The summed E-state index contributed by atoms with van der Waals surface area (Å²) in [6, 6.07) is -0.694. The summed E-state index contributed by atoms with van der Waals surface area (Å²) in [6.45, 7) is 2.83. The van der Waals surface area contributed by atoms with Crippen molar-refractivity contribution in [2.75, 3.05) is 6.54 Å². The first-order valence-electron chi connectivity index (χ1n) is 11.3. The fourth-order valence-electron chi connectivity index (χ4n) is 3.80. The second-order valence-electron chi connectivity index (χ2n) is 7.90. The average molecular weight is 418 g/mol. The standard InChI is InChI=1S/C23H41NO3.K/c1-2-3-4-5-6-7-8-9-10-11-12-13-14-15-16-19-22(25)24-20-17-18-21(24)23(26)27;/h9-10,21H,2-8,11-20H2,1H3,(H,26,27);/q;+1/p-1/b10-9-;/t21-;/m0./s1. The Morgan fingerprint density at radius 2 is 1.43 bits per heavy atom. The summed E-state index contributed by atoms with van der Waals surface area (Å²) in [5.74, 6) is -1.12. The molecule has 0 saturated carbocycles. The molecule has 28 heavy (non-hydrogen) atoms. The van der Waals surface area contributed by atoms with Gasteiger partial charge in [-0.25, -0.2) is 0 Å². The molecule has 0 aromatic heterocycles. The van der Waals surface area contributed by atoms with E-state index in [2.05, 4.69) is 19.1 Å². The van der Waals surface area contributed by atoms with Gasteiger partial charge in [-0.15, -0.1) is 0 Å². The van der Waals surface area contributed by atoms with Crippen molar-refractivity contribution < 1.29 is 66.1 Å². The number of carbonyl (C=O) groups is 2. The van der Waals surface area contributed by atoms with Crippen LogP contribution in [0.3, 0.4) is 0 Å². The van der Waals surface area contributed by atoms with Crippen LogP contribution in [0.15, 0.2) is 12.2 Å². The number of carbonyl (C=O) groups excluding carboxylic acids is 2. The number of allylic oxidation sites excluding steroid dienone is 2. The van der Waals surface area contributed by atoms with E-state index in [9.17, 15) is 14.7 Å². The van der Waals surface area contributed by atoms with Crippen LogP contribution in [-0.4, -0.2) is 29.4 Å².